The second kappa shape index (κ2) is 14.1. The van der Waals surface area contributed by atoms with Crippen molar-refractivity contribution in [1.29, 1.82) is 0 Å². The number of hydrogen-bond acceptors (Lipinski definition) is 0. The quantitative estimate of drug-likeness (QED) is 0.236. The topological polar surface area (TPSA) is 0 Å². The first-order valence-electron chi connectivity index (χ1n) is 13.1. The van der Waals surface area contributed by atoms with Gasteiger partial charge in [-0.05, 0) is 49.4 Å². The SMILES string of the molecule is CCCCC1CCC([C@@H](F)[C@H](F)[C@@H](F)[C@H](F)[C@H](F)[C@H](F)C2CCC(CCCC)CC2)CC1. The van der Waals surface area contributed by atoms with Gasteiger partial charge in [-0.25, -0.2) is 26.3 Å². The molecule has 0 aliphatic heterocycles. The fourth-order valence-corrected chi connectivity index (χ4v) is 5.80. The maximum absolute atomic E-state index is 14.6. The van der Waals surface area contributed by atoms with Gasteiger partial charge in [0, 0.05) is 0 Å². The molecule has 2 rings (SSSR count). The number of alkyl halides is 6. The lowest BCUT2D eigenvalue weighted by Crippen LogP contribution is -2.46. The summed E-state index contributed by atoms with van der Waals surface area (Å²) in [5.74, 6) is -0.394. The summed E-state index contributed by atoms with van der Waals surface area (Å²) >= 11 is 0. The van der Waals surface area contributed by atoms with Crippen LogP contribution in [0.1, 0.15) is 104 Å². The first-order chi connectivity index (χ1) is 15.3. The van der Waals surface area contributed by atoms with E-state index in [0.717, 1.165) is 64.2 Å². The van der Waals surface area contributed by atoms with E-state index in [2.05, 4.69) is 13.8 Å². The van der Waals surface area contributed by atoms with E-state index in [9.17, 15) is 26.3 Å². The number of hydrogen-bond donors (Lipinski definition) is 0. The Kier molecular flexibility index (Phi) is 12.2. The van der Waals surface area contributed by atoms with Gasteiger partial charge in [0.15, 0.2) is 24.7 Å². The van der Waals surface area contributed by atoms with Gasteiger partial charge in [0.05, 0.1) is 0 Å². The Hall–Kier alpha value is -0.420. The second-order valence-electron chi connectivity index (χ2n) is 10.5. The minimum Gasteiger partial charge on any atom is -0.244 e. The van der Waals surface area contributed by atoms with E-state index in [1.165, 1.54) is 0 Å². The van der Waals surface area contributed by atoms with Crippen LogP contribution in [0.5, 0.6) is 0 Å². The Morgan fingerprint density at radius 2 is 0.812 bits per heavy atom. The molecule has 6 atom stereocenters. The molecule has 0 aromatic rings. The highest BCUT2D eigenvalue weighted by Crippen LogP contribution is 2.40. The Balaban J connectivity index is 1.80. The van der Waals surface area contributed by atoms with Crippen LogP contribution in [0.3, 0.4) is 0 Å². The van der Waals surface area contributed by atoms with Gasteiger partial charge in [0.2, 0.25) is 0 Å². The molecule has 0 spiro atoms. The van der Waals surface area contributed by atoms with E-state index in [1.807, 2.05) is 0 Å². The van der Waals surface area contributed by atoms with Gasteiger partial charge < -0.3 is 0 Å². The van der Waals surface area contributed by atoms with E-state index >= 15 is 0 Å². The fourth-order valence-electron chi connectivity index (χ4n) is 5.80. The van der Waals surface area contributed by atoms with Crippen molar-refractivity contribution in [1.82, 2.24) is 0 Å². The molecule has 2 saturated carbocycles. The van der Waals surface area contributed by atoms with Crippen molar-refractivity contribution in [2.24, 2.45) is 23.7 Å². The second-order valence-corrected chi connectivity index (χ2v) is 10.5. The molecule has 0 unspecified atom stereocenters. The Morgan fingerprint density at radius 3 is 1.09 bits per heavy atom. The van der Waals surface area contributed by atoms with E-state index in [-0.39, 0.29) is 0 Å². The van der Waals surface area contributed by atoms with Crippen LogP contribution in [0.2, 0.25) is 0 Å². The minimum atomic E-state index is -2.98. The van der Waals surface area contributed by atoms with Gasteiger partial charge in [-0.3, -0.25) is 0 Å². The van der Waals surface area contributed by atoms with Crippen LogP contribution in [0.4, 0.5) is 26.3 Å². The molecule has 0 saturated heterocycles. The molecule has 32 heavy (non-hydrogen) atoms. The molecule has 6 heteroatoms. The molecule has 0 bridgehead atoms. The Bertz CT molecular complexity index is 443. The van der Waals surface area contributed by atoms with Crippen LogP contribution >= 0.6 is 0 Å². The lowest BCUT2D eigenvalue weighted by molar-refractivity contribution is -0.0474. The first-order valence-corrected chi connectivity index (χ1v) is 13.1. The van der Waals surface area contributed by atoms with E-state index in [4.69, 9.17) is 0 Å². The summed E-state index contributed by atoms with van der Waals surface area (Å²) in [6.07, 6.45) is -4.56. The molecule has 0 aromatic heterocycles. The Labute approximate surface area is 191 Å². The number of unbranched alkanes of at least 4 members (excludes halogenated alkanes) is 2. The summed E-state index contributed by atoms with van der Waals surface area (Å²) in [5.41, 5.74) is 0. The predicted molar refractivity (Wildman–Crippen MR) is 119 cm³/mol. The third-order valence-electron chi connectivity index (χ3n) is 8.14. The van der Waals surface area contributed by atoms with Gasteiger partial charge >= 0.3 is 0 Å². The van der Waals surface area contributed by atoms with Crippen molar-refractivity contribution < 1.29 is 26.3 Å². The molecule has 0 aromatic carbocycles. The third-order valence-corrected chi connectivity index (χ3v) is 8.14. The third kappa shape index (κ3) is 7.82. The molecule has 2 fully saturated rings. The van der Waals surface area contributed by atoms with Crippen molar-refractivity contribution in [3.8, 4) is 0 Å². The van der Waals surface area contributed by atoms with E-state index in [0.29, 0.717) is 37.5 Å². The van der Waals surface area contributed by atoms with E-state index in [1.54, 1.807) is 0 Å². The highest BCUT2D eigenvalue weighted by Gasteiger charge is 2.47. The monoisotopic (exact) mass is 470 g/mol. The van der Waals surface area contributed by atoms with Crippen molar-refractivity contribution in [2.45, 2.75) is 141 Å². The van der Waals surface area contributed by atoms with Gasteiger partial charge in [0.25, 0.3) is 0 Å². The zero-order valence-corrected chi connectivity index (χ0v) is 19.9. The van der Waals surface area contributed by atoms with Crippen LogP contribution in [-0.2, 0) is 0 Å². The average Bonchev–Trinajstić information content (AvgIpc) is 2.84. The van der Waals surface area contributed by atoms with Crippen molar-refractivity contribution >= 4 is 0 Å². The van der Waals surface area contributed by atoms with Gasteiger partial charge in [0.1, 0.15) is 12.3 Å². The Morgan fingerprint density at radius 1 is 0.500 bits per heavy atom. The summed E-state index contributed by atoms with van der Waals surface area (Å²) in [4.78, 5) is 0. The summed E-state index contributed by atoms with van der Waals surface area (Å²) in [6, 6.07) is 0. The highest BCUT2D eigenvalue weighted by atomic mass is 19.2. The maximum atomic E-state index is 14.6. The summed E-state index contributed by atoms with van der Waals surface area (Å²) in [6.45, 7) is 4.20. The molecular weight excluding hydrogens is 426 g/mol. The molecule has 0 amide bonds. The van der Waals surface area contributed by atoms with Crippen molar-refractivity contribution in [2.75, 3.05) is 0 Å². The largest absolute Gasteiger partial charge is 0.244 e. The molecule has 0 heterocycles. The first kappa shape index (κ1) is 27.8. The lowest BCUT2D eigenvalue weighted by Gasteiger charge is -2.34. The molecule has 2 aliphatic carbocycles. The standard InChI is InChI=1S/C26H44F6/c1-3-5-7-17-9-13-19(14-10-17)21(27)23(29)25(31)26(32)24(30)22(28)20-15-11-18(12-16-20)8-6-4-2/h17-26H,3-16H2,1-2H3/t17?,18?,19?,20?,21-,22-,23-,24+,25-,26-/m1/s1. The van der Waals surface area contributed by atoms with Crippen LogP contribution in [-0.4, -0.2) is 37.0 Å². The lowest BCUT2D eigenvalue weighted by atomic mass is 9.75. The van der Waals surface area contributed by atoms with Gasteiger partial charge in [-0.2, -0.15) is 0 Å². The highest BCUT2D eigenvalue weighted by molar-refractivity contribution is 4.94. The maximum Gasteiger partial charge on any atom is 0.168 e. The molecule has 190 valence electrons. The average molecular weight is 471 g/mol. The summed E-state index contributed by atoms with van der Waals surface area (Å²) in [5, 5.41) is 0. The van der Waals surface area contributed by atoms with E-state index < -0.39 is 48.9 Å². The molecule has 0 N–H and O–H groups in total. The molecular formula is C26H44F6. The normalized spacial score (nSPS) is 32.6. The predicted octanol–water partition coefficient (Wildman–Crippen LogP) is 9.01. The smallest absolute Gasteiger partial charge is 0.168 e. The summed E-state index contributed by atoms with van der Waals surface area (Å²) < 4.78 is 87.1. The van der Waals surface area contributed by atoms with Crippen LogP contribution < -0.4 is 0 Å². The van der Waals surface area contributed by atoms with Crippen LogP contribution in [0.15, 0.2) is 0 Å². The minimum absolute atomic E-state index is 0.436. The van der Waals surface area contributed by atoms with Crippen LogP contribution in [0, 0.1) is 23.7 Å². The molecule has 0 radical (unpaired) electrons. The van der Waals surface area contributed by atoms with Crippen LogP contribution in [0.25, 0.3) is 0 Å². The van der Waals surface area contributed by atoms with Gasteiger partial charge in [-0.1, -0.05) is 78.1 Å². The summed E-state index contributed by atoms with van der Waals surface area (Å²) in [7, 11) is 0. The van der Waals surface area contributed by atoms with Crippen molar-refractivity contribution in [3.63, 3.8) is 0 Å². The number of rotatable bonds is 13. The molecule has 0 nitrogen and oxygen atoms in total. The fraction of sp³-hybridized carbons (Fsp3) is 1.00. The van der Waals surface area contributed by atoms with Crippen molar-refractivity contribution in [3.05, 3.63) is 0 Å². The zero-order valence-electron chi connectivity index (χ0n) is 19.9. The van der Waals surface area contributed by atoms with Gasteiger partial charge in [-0.15, -0.1) is 0 Å². The number of halogens is 6. The zero-order chi connectivity index (χ0) is 23.7. The molecule has 2 aliphatic rings.